The SMILES string of the molecule is Cc1cc(C)cc(N(c2ccnc3cc(Cl)ccc23)[C@H]2C[C@@H](C)[C@@H](N)C[C@H]2C)c1. The lowest BCUT2D eigenvalue weighted by Gasteiger charge is -2.44. The normalized spacial score (nSPS) is 24.6. The zero-order valence-electron chi connectivity index (χ0n) is 17.7. The van der Waals surface area contributed by atoms with Gasteiger partial charge in [-0.1, -0.05) is 31.5 Å². The summed E-state index contributed by atoms with van der Waals surface area (Å²) in [6.07, 6.45) is 4.01. The van der Waals surface area contributed by atoms with E-state index in [1.165, 1.54) is 22.5 Å². The molecule has 1 saturated carbocycles. The largest absolute Gasteiger partial charge is 0.337 e. The number of hydrogen-bond donors (Lipinski definition) is 1. The van der Waals surface area contributed by atoms with Gasteiger partial charge in [-0.15, -0.1) is 0 Å². The molecule has 4 heteroatoms. The minimum atomic E-state index is 0.273. The molecule has 152 valence electrons. The Kier molecular flexibility index (Phi) is 5.54. The fourth-order valence-electron chi connectivity index (χ4n) is 4.88. The molecule has 0 spiro atoms. The summed E-state index contributed by atoms with van der Waals surface area (Å²) in [5.41, 5.74) is 12.3. The van der Waals surface area contributed by atoms with E-state index in [0.717, 1.165) is 23.7 Å². The van der Waals surface area contributed by atoms with Crippen LogP contribution in [0.3, 0.4) is 0 Å². The average Bonchev–Trinajstić information content (AvgIpc) is 2.65. The van der Waals surface area contributed by atoms with Gasteiger partial charge in [0.1, 0.15) is 0 Å². The molecule has 1 fully saturated rings. The predicted octanol–water partition coefficient (Wildman–Crippen LogP) is 6.41. The van der Waals surface area contributed by atoms with Gasteiger partial charge in [-0.2, -0.15) is 0 Å². The van der Waals surface area contributed by atoms with E-state index in [1.54, 1.807) is 0 Å². The Morgan fingerprint density at radius 2 is 1.69 bits per heavy atom. The number of nitrogens with two attached hydrogens (primary N) is 1. The number of halogens is 1. The van der Waals surface area contributed by atoms with E-state index < -0.39 is 0 Å². The van der Waals surface area contributed by atoms with E-state index in [-0.39, 0.29) is 6.04 Å². The van der Waals surface area contributed by atoms with E-state index >= 15 is 0 Å². The number of anilines is 2. The van der Waals surface area contributed by atoms with E-state index in [9.17, 15) is 0 Å². The van der Waals surface area contributed by atoms with E-state index in [1.807, 2.05) is 18.3 Å². The maximum Gasteiger partial charge on any atom is 0.0737 e. The first-order chi connectivity index (χ1) is 13.8. The second-order valence-corrected chi connectivity index (χ2v) is 9.30. The first-order valence-corrected chi connectivity index (χ1v) is 10.9. The molecule has 3 nitrogen and oxygen atoms in total. The highest BCUT2D eigenvalue weighted by Crippen LogP contribution is 2.41. The van der Waals surface area contributed by atoms with E-state index in [2.05, 4.69) is 67.9 Å². The van der Waals surface area contributed by atoms with Crippen LogP contribution >= 0.6 is 11.6 Å². The van der Waals surface area contributed by atoms with Crippen LogP contribution in [0.15, 0.2) is 48.7 Å². The molecule has 0 radical (unpaired) electrons. The van der Waals surface area contributed by atoms with Gasteiger partial charge in [0.25, 0.3) is 0 Å². The highest BCUT2D eigenvalue weighted by atomic mass is 35.5. The third-order valence-corrected chi connectivity index (χ3v) is 6.64. The Bertz CT molecular complexity index is 1010. The van der Waals surface area contributed by atoms with Crippen LogP contribution in [0.5, 0.6) is 0 Å². The maximum absolute atomic E-state index is 6.42. The van der Waals surface area contributed by atoms with Crippen molar-refractivity contribution in [3.8, 4) is 0 Å². The lowest BCUT2D eigenvalue weighted by Crippen LogP contribution is -2.48. The summed E-state index contributed by atoms with van der Waals surface area (Å²) in [5.74, 6) is 0.990. The monoisotopic (exact) mass is 407 g/mol. The number of nitrogens with zero attached hydrogens (tertiary/aromatic N) is 2. The Balaban J connectivity index is 1.92. The van der Waals surface area contributed by atoms with Gasteiger partial charge in [0.2, 0.25) is 0 Å². The number of hydrogen-bond acceptors (Lipinski definition) is 3. The summed E-state index contributed by atoms with van der Waals surface area (Å²) in [6.45, 7) is 8.96. The van der Waals surface area contributed by atoms with Crippen molar-refractivity contribution in [2.45, 2.75) is 52.6 Å². The van der Waals surface area contributed by atoms with Gasteiger partial charge in [-0.05, 0) is 86.1 Å². The standard InChI is InChI=1S/C25H30ClN3/c1-15-9-16(2)11-20(10-15)29(25-13-17(3)22(27)12-18(25)4)24-7-8-28-23-14-19(26)5-6-21(23)24/h5-11,14,17-18,22,25H,12-13,27H2,1-4H3/t17-,18-,22+,25+/m1/s1. The van der Waals surface area contributed by atoms with Gasteiger partial charge in [-0.25, -0.2) is 0 Å². The molecule has 1 aromatic heterocycles. The van der Waals surface area contributed by atoms with Crippen LogP contribution in [0.2, 0.25) is 5.02 Å². The Morgan fingerprint density at radius 1 is 0.966 bits per heavy atom. The Labute approximate surface area is 178 Å². The molecule has 3 aromatic rings. The van der Waals surface area contributed by atoms with Gasteiger partial charge in [-0.3, -0.25) is 4.98 Å². The summed E-state index contributed by atoms with van der Waals surface area (Å²) in [4.78, 5) is 7.11. The molecular formula is C25H30ClN3. The fraction of sp³-hybridized carbons (Fsp3) is 0.400. The second kappa shape index (κ2) is 7.97. The molecule has 0 bridgehead atoms. The molecule has 2 aromatic carbocycles. The minimum Gasteiger partial charge on any atom is -0.337 e. The number of fused-ring (bicyclic) bond motifs is 1. The van der Waals surface area contributed by atoms with Gasteiger partial charge in [0, 0.05) is 34.4 Å². The first-order valence-electron chi connectivity index (χ1n) is 10.5. The lowest BCUT2D eigenvalue weighted by molar-refractivity contribution is 0.231. The summed E-state index contributed by atoms with van der Waals surface area (Å²) < 4.78 is 0. The van der Waals surface area contributed by atoms with Gasteiger partial charge in [0.15, 0.2) is 0 Å². The van der Waals surface area contributed by atoms with Gasteiger partial charge in [0.05, 0.1) is 11.2 Å². The number of aromatic nitrogens is 1. The van der Waals surface area contributed by atoms with Crippen molar-refractivity contribution in [2.24, 2.45) is 17.6 Å². The molecule has 29 heavy (non-hydrogen) atoms. The smallest absolute Gasteiger partial charge is 0.0737 e. The number of benzene rings is 2. The molecule has 0 saturated heterocycles. The number of aryl methyl sites for hydroxylation is 2. The van der Waals surface area contributed by atoms with Crippen molar-refractivity contribution < 1.29 is 0 Å². The van der Waals surface area contributed by atoms with Crippen LogP contribution in [0.4, 0.5) is 11.4 Å². The molecule has 0 aliphatic heterocycles. The fourth-order valence-corrected chi connectivity index (χ4v) is 5.05. The van der Waals surface area contributed by atoms with Crippen molar-refractivity contribution in [2.75, 3.05) is 4.90 Å². The summed E-state index contributed by atoms with van der Waals surface area (Å²) in [6, 6.07) is 15.6. The molecule has 1 heterocycles. The highest BCUT2D eigenvalue weighted by molar-refractivity contribution is 6.31. The van der Waals surface area contributed by atoms with Gasteiger partial charge >= 0.3 is 0 Å². The van der Waals surface area contributed by atoms with Crippen molar-refractivity contribution in [1.82, 2.24) is 4.98 Å². The molecule has 0 amide bonds. The minimum absolute atomic E-state index is 0.273. The highest BCUT2D eigenvalue weighted by Gasteiger charge is 2.35. The maximum atomic E-state index is 6.42. The van der Waals surface area contributed by atoms with Crippen molar-refractivity contribution in [1.29, 1.82) is 0 Å². The molecule has 4 atom stereocenters. The molecule has 1 aliphatic rings. The van der Waals surface area contributed by atoms with Crippen LogP contribution in [0, 0.1) is 25.7 Å². The van der Waals surface area contributed by atoms with Crippen LogP contribution < -0.4 is 10.6 Å². The predicted molar refractivity (Wildman–Crippen MR) is 124 cm³/mol. The number of pyridine rings is 1. The van der Waals surface area contributed by atoms with E-state index in [4.69, 9.17) is 17.3 Å². The summed E-state index contributed by atoms with van der Waals surface area (Å²) >= 11 is 6.25. The molecule has 0 unspecified atom stereocenters. The zero-order chi connectivity index (χ0) is 20.7. The van der Waals surface area contributed by atoms with Crippen LogP contribution in [0.1, 0.15) is 37.8 Å². The van der Waals surface area contributed by atoms with Gasteiger partial charge < -0.3 is 10.6 Å². The molecular weight excluding hydrogens is 378 g/mol. The Hall–Kier alpha value is -2.10. The third kappa shape index (κ3) is 3.99. The lowest BCUT2D eigenvalue weighted by atomic mass is 9.76. The molecule has 4 rings (SSSR count). The zero-order valence-corrected chi connectivity index (χ0v) is 18.4. The van der Waals surface area contributed by atoms with Crippen LogP contribution in [0.25, 0.3) is 10.9 Å². The van der Waals surface area contributed by atoms with Crippen LogP contribution in [-0.2, 0) is 0 Å². The van der Waals surface area contributed by atoms with Crippen molar-refractivity contribution in [3.05, 3.63) is 64.8 Å². The van der Waals surface area contributed by atoms with Crippen molar-refractivity contribution in [3.63, 3.8) is 0 Å². The van der Waals surface area contributed by atoms with Crippen LogP contribution in [-0.4, -0.2) is 17.1 Å². The van der Waals surface area contributed by atoms with E-state index in [0.29, 0.717) is 22.9 Å². The molecule has 1 aliphatic carbocycles. The average molecular weight is 408 g/mol. The Morgan fingerprint density at radius 3 is 2.41 bits per heavy atom. The third-order valence-electron chi connectivity index (χ3n) is 6.40. The summed E-state index contributed by atoms with van der Waals surface area (Å²) in [5, 5.41) is 1.84. The quantitative estimate of drug-likeness (QED) is 0.545. The van der Waals surface area contributed by atoms with Crippen molar-refractivity contribution >= 4 is 33.9 Å². The molecule has 2 N–H and O–H groups in total. The number of rotatable bonds is 3. The summed E-state index contributed by atoms with van der Waals surface area (Å²) in [7, 11) is 0. The topological polar surface area (TPSA) is 42.2 Å². The first kappa shape index (κ1) is 20.2. The second-order valence-electron chi connectivity index (χ2n) is 8.86.